The van der Waals surface area contributed by atoms with Gasteiger partial charge in [-0.25, -0.2) is 4.39 Å². The standard InChI is InChI=1S/C22H25FN2O4/c23-17-8-4-7-16(11-17)22(28)25-19-10-9-18(29-20(19)14-26)12-21(27)24-13-15-5-2-1-3-6-15/h1-8,11,18-20,26H,9-10,12-14H2,(H,24,27)(H,25,28)/t18-,19+,20+/m0/s1. The van der Waals surface area contributed by atoms with Gasteiger partial charge in [0.1, 0.15) is 11.9 Å². The van der Waals surface area contributed by atoms with Crippen LogP contribution in [0.5, 0.6) is 0 Å². The average Bonchev–Trinajstić information content (AvgIpc) is 2.74. The summed E-state index contributed by atoms with van der Waals surface area (Å²) < 4.78 is 19.1. The number of benzene rings is 2. The second kappa shape index (κ2) is 10.1. The highest BCUT2D eigenvalue weighted by Gasteiger charge is 2.33. The van der Waals surface area contributed by atoms with E-state index < -0.39 is 23.9 Å². The van der Waals surface area contributed by atoms with Crippen LogP contribution in [0.2, 0.25) is 0 Å². The van der Waals surface area contributed by atoms with E-state index in [1.807, 2.05) is 30.3 Å². The Kier molecular flexibility index (Phi) is 7.32. The van der Waals surface area contributed by atoms with Gasteiger partial charge in [-0.3, -0.25) is 9.59 Å². The summed E-state index contributed by atoms with van der Waals surface area (Å²) in [5.74, 6) is -1.04. The molecule has 0 aromatic heterocycles. The highest BCUT2D eigenvalue weighted by Crippen LogP contribution is 2.22. The fourth-order valence-corrected chi connectivity index (χ4v) is 3.40. The highest BCUT2D eigenvalue weighted by atomic mass is 19.1. The molecule has 2 aromatic rings. The Labute approximate surface area is 169 Å². The number of amides is 2. The molecule has 1 aliphatic heterocycles. The summed E-state index contributed by atoms with van der Waals surface area (Å²) in [4.78, 5) is 24.5. The van der Waals surface area contributed by atoms with Crippen molar-refractivity contribution in [3.8, 4) is 0 Å². The second-order valence-corrected chi connectivity index (χ2v) is 7.11. The van der Waals surface area contributed by atoms with Crippen molar-refractivity contribution in [2.75, 3.05) is 6.61 Å². The van der Waals surface area contributed by atoms with Gasteiger partial charge in [-0.05, 0) is 36.6 Å². The van der Waals surface area contributed by atoms with Gasteiger partial charge in [0.05, 0.1) is 25.2 Å². The van der Waals surface area contributed by atoms with E-state index in [9.17, 15) is 19.1 Å². The lowest BCUT2D eigenvalue weighted by atomic mass is 9.96. The number of ether oxygens (including phenoxy) is 1. The fraction of sp³-hybridized carbons (Fsp3) is 0.364. The Hall–Kier alpha value is -2.77. The molecule has 0 aliphatic carbocycles. The molecule has 3 atom stereocenters. The van der Waals surface area contributed by atoms with Crippen molar-refractivity contribution in [1.82, 2.24) is 10.6 Å². The molecular formula is C22H25FN2O4. The van der Waals surface area contributed by atoms with Gasteiger partial charge >= 0.3 is 0 Å². The molecule has 2 aromatic carbocycles. The Morgan fingerprint density at radius 3 is 2.62 bits per heavy atom. The average molecular weight is 400 g/mol. The predicted molar refractivity (Wildman–Crippen MR) is 106 cm³/mol. The number of carbonyl (C=O) groups excluding carboxylic acids is 2. The lowest BCUT2D eigenvalue weighted by Crippen LogP contribution is -2.51. The van der Waals surface area contributed by atoms with Crippen LogP contribution in [0.15, 0.2) is 54.6 Å². The van der Waals surface area contributed by atoms with Crippen LogP contribution in [0.3, 0.4) is 0 Å². The van der Waals surface area contributed by atoms with Crippen LogP contribution in [0, 0.1) is 5.82 Å². The zero-order valence-electron chi connectivity index (χ0n) is 16.0. The van der Waals surface area contributed by atoms with E-state index in [1.54, 1.807) is 0 Å². The first-order valence-electron chi connectivity index (χ1n) is 9.68. The number of rotatable bonds is 7. The number of hydrogen-bond acceptors (Lipinski definition) is 4. The summed E-state index contributed by atoms with van der Waals surface area (Å²) in [5.41, 5.74) is 1.22. The largest absolute Gasteiger partial charge is 0.394 e. The molecule has 1 heterocycles. The minimum atomic E-state index is -0.617. The van der Waals surface area contributed by atoms with Gasteiger partial charge in [0.25, 0.3) is 5.91 Å². The zero-order valence-corrected chi connectivity index (χ0v) is 16.0. The maximum atomic E-state index is 13.3. The monoisotopic (exact) mass is 400 g/mol. The topological polar surface area (TPSA) is 87.7 Å². The summed E-state index contributed by atoms with van der Waals surface area (Å²) in [6.07, 6.45) is 0.374. The van der Waals surface area contributed by atoms with Crippen molar-refractivity contribution in [3.05, 3.63) is 71.5 Å². The smallest absolute Gasteiger partial charge is 0.251 e. The molecule has 0 unspecified atom stereocenters. The van der Waals surface area contributed by atoms with E-state index in [0.29, 0.717) is 19.4 Å². The molecule has 1 fully saturated rings. The lowest BCUT2D eigenvalue weighted by Gasteiger charge is -2.36. The minimum Gasteiger partial charge on any atom is -0.394 e. The normalized spacial score (nSPS) is 21.4. The summed E-state index contributed by atoms with van der Waals surface area (Å²) in [5, 5.41) is 15.3. The molecular weight excluding hydrogens is 375 g/mol. The van der Waals surface area contributed by atoms with E-state index in [1.165, 1.54) is 18.2 Å². The van der Waals surface area contributed by atoms with Crippen LogP contribution in [-0.2, 0) is 16.1 Å². The van der Waals surface area contributed by atoms with E-state index in [4.69, 9.17) is 4.74 Å². The maximum Gasteiger partial charge on any atom is 0.251 e. The fourth-order valence-electron chi connectivity index (χ4n) is 3.40. The van der Waals surface area contributed by atoms with E-state index in [-0.39, 0.29) is 30.6 Å². The number of aliphatic hydroxyl groups excluding tert-OH is 1. The van der Waals surface area contributed by atoms with Crippen LogP contribution >= 0.6 is 0 Å². The molecule has 0 radical (unpaired) electrons. The van der Waals surface area contributed by atoms with E-state index in [0.717, 1.165) is 11.6 Å². The zero-order chi connectivity index (χ0) is 20.6. The number of aliphatic hydroxyl groups is 1. The molecule has 0 bridgehead atoms. The molecule has 1 saturated heterocycles. The molecule has 154 valence electrons. The molecule has 0 spiro atoms. The third kappa shape index (κ3) is 6.10. The number of hydrogen-bond donors (Lipinski definition) is 3. The Bertz CT molecular complexity index is 831. The van der Waals surface area contributed by atoms with E-state index in [2.05, 4.69) is 10.6 Å². The molecule has 7 heteroatoms. The third-order valence-corrected chi connectivity index (χ3v) is 4.94. The van der Waals surface area contributed by atoms with Crippen LogP contribution < -0.4 is 10.6 Å². The van der Waals surface area contributed by atoms with Gasteiger partial charge in [0.2, 0.25) is 5.91 Å². The Balaban J connectivity index is 1.48. The van der Waals surface area contributed by atoms with Crippen molar-refractivity contribution in [2.24, 2.45) is 0 Å². The van der Waals surface area contributed by atoms with Crippen LogP contribution in [0.25, 0.3) is 0 Å². The van der Waals surface area contributed by atoms with Crippen molar-refractivity contribution < 1.29 is 23.8 Å². The molecule has 6 nitrogen and oxygen atoms in total. The first-order valence-corrected chi connectivity index (χ1v) is 9.68. The van der Waals surface area contributed by atoms with Crippen LogP contribution in [0.4, 0.5) is 4.39 Å². The van der Waals surface area contributed by atoms with Gasteiger partial charge in [0, 0.05) is 12.1 Å². The van der Waals surface area contributed by atoms with Gasteiger partial charge in [-0.2, -0.15) is 0 Å². The second-order valence-electron chi connectivity index (χ2n) is 7.11. The maximum absolute atomic E-state index is 13.3. The van der Waals surface area contributed by atoms with Crippen molar-refractivity contribution in [1.29, 1.82) is 0 Å². The summed E-state index contributed by atoms with van der Waals surface area (Å²) in [7, 11) is 0. The van der Waals surface area contributed by atoms with Gasteiger partial charge < -0.3 is 20.5 Å². The van der Waals surface area contributed by atoms with Crippen molar-refractivity contribution >= 4 is 11.8 Å². The Morgan fingerprint density at radius 2 is 1.90 bits per heavy atom. The SMILES string of the molecule is O=C(C[C@@H]1CC[C@@H](NC(=O)c2cccc(F)c2)[C@@H](CO)O1)NCc1ccccc1. The molecule has 3 rings (SSSR count). The predicted octanol–water partition coefficient (Wildman–Crippen LogP) is 2.17. The first kappa shape index (κ1) is 21.0. The van der Waals surface area contributed by atoms with Crippen molar-refractivity contribution in [3.63, 3.8) is 0 Å². The van der Waals surface area contributed by atoms with Gasteiger partial charge in [0.15, 0.2) is 0 Å². The van der Waals surface area contributed by atoms with Crippen molar-refractivity contribution in [2.45, 2.75) is 44.1 Å². The number of nitrogens with one attached hydrogen (secondary N) is 2. The molecule has 29 heavy (non-hydrogen) atoms. The highest BCUT2D eigenvalue weighted by molar-refractivity contribution is 5.94. The summed E-state index contributed by atoms with van der Waals surface area (Å²) in [6, 6.07) is 14.6. The molecule has 2 amide bonds. The Morgan fingerprint density at radius 1 is 1.10 bits per heavy atom. The first-order chi connectivity index (χ1) is 14.0. The third-order valence-electron chi connectivity index (χ3n) is 4.94. The summed E-state index contributed by atoms with van der Waals surface area (Å²) >= 11 is 0. The molecule has 3 N–H and O–H groups in total. The van der Waals surface area contributed by atoms with Crippen LogP contribution in [0.1, 0.15) is 35.2 Å². The van der Waals surface area contributed by atoms with Gasteiger partial charge in [-0.1, -0.05) is 36.4 Å². The molecule has 1 aliphatic rings. The van der Waals surface area contributed by atoms with Crippen LogP contribution in [-0.4, -0.2) is 41.8 Å². The summed E-state index contributed by atoms with van der Waals surface area (Å²) in [6.45, 7) is 0.165. The number of carbonyl (C=O) groups is 2. The van der Waals surface area contributed by atoms with E-state index >= 15 is 0 Å². The number of halogens is 1. The lowest BCUT2D eigenvalue weighted by molar-refractivity contribution is -0.131. The minimum absolute atomic E-state index is 0.127. The quantitative estimate of drug-likeness (QED) is 0.665. The van der Waals surface area contributed by atoms with Gasteiger partial charge in [-0.15, -0.1) is 0 Å². The molecule has 0 saturated carbocycles.